The third-order valence-electron chi connectivity index (χ3n) is 4.59. The molecular weight excluding hydrogens is 404 g/mol. The lowest BCUT2D eigenvalue weighted by atomic mass is 10.1. The maximum atomic E-state index is 12.1. The average Bonchev–Trinajstić information content (AvgIpc) is 2.84. The third kappa shape index (κ3) is 5.58. The number of carbonyl (C=O) groups is 2. The molecular formula is C26H20N2O4. The average molecular weight is 424 g/mol. The van der Waals surface area contributed by atoms with Gasteiger partial charge in [-0.2, -0.15) is 5.10 Å². The van der Waals surface area contributed by atoms with Gasteiger partial charge in [0.25, 0.3) is 5.91 Å². The Labute approximate surface area is 185 Å². The molecule has 6 nitrogen and oxygen atoms in total. The van der Waals surface area contributed by atoms with Crippen molar-refractivity contribution < 1.29 is 19.1 Å². The van der Waals surface area contributed by atoms with Crippen LogP contribution >= 0.6 is 0 Å². The maximum absolute atomic E-state index is 12.1. The molecule has 4 rings (SSSR count). The van der Waals surface area contributed by atoms with Crippen LogP contribution in [0.25, 0.3) is 10.8 Å². The number of carbonyl (C=O) groups excluding carboxylic acids is 2. The molecule has 32 heavy (non-hydrogen) atoms. The van der Waals surface area contributed by atoms with Crippen LogP contribution in [0.15, 0.2) is 102 Å². The summed E-state index contributed by atoms with van der Waals surface area (Å²) in [5, 5.41) is 6.08. The van der Waals surface area contributed by atoms with Crippen molar-refractivity contribution in [2.45, 2.75) is 0 Å². The number of rotatable bonds is 7. The van der Waals surface area contributed by atoms with E-state index >= 15 is 0 Å². The Balaban J connectivity index is 1.25. The molecule has 158 valence electrons. The van der Waals surface area contributed by atoms with E-state index in [9.17, 15) is 9.59 Å². The van der Waals surface area contributed by atoms with E-state index in [2.05, 4.69) is 10.5 Å². The van der Waals surface area contributed by atoms with E-state index in [1.54, 1.807) is 48.5 Å². The lowest BCUT2D eigenvalue weighted by molar-refractivity contribution is -0.123. The number of benzene rings is 4. The van der Waals surface area contributed by atoms with Gasteiger partial charge in [-0.1, -0.05) is 48.5 Å². The molecule has 0 atom stereocenters. The first kappa shape index (κ1) is 20.8. The monoisotopic (exact) mass is 424 g/mol. The molecule has 0 aliphatic carbocycles. The van der Waals surface area contributed by atoms with Crippen LogP contribution in [0.1, 0.15) is 15.9 Å². The van der Waals surface area contributed by atoms with Crippen molar-refractivity contribution in [2.75, 3.05) is 6.61 Å². The molecule has 1 amide bonds. The van der Waals surface area contributed by atoms with Gasteiger partial charge >= 0.3 is 5.97 Å². The minimum absolute atomic E-state index is 0.149. The van der Waals surface area contributed by atoms with Crippen molar-refractivity contribution in [3.63, 3.8) is 0 Å². The topological polar surface area (TPSA) is 77.0 Å². The van der Waals surface area contributed by atoms with Gasteiger partial charge in [0.15, 0.2) is 6.61 Å². The fourth-order valence-electron chi connectivity index (χ4n) is 2.98. The molecule has 0 bridgehead atoms. The van der Waals surface area contributed by atoms with Crippen molar-refractivity contribution in [3.05, 3.63) is 108 Å². The predicted molar refractivity (Wildman–Crippen MR) is 123 cm³/mol. The first-order chi connectivity index (χ1) is 15.7. The highest BCUT2D eigenvalue weighted by molar-refractivity contribution is 5.91. The normalized spacial score (nSPS) is 10.8. The van der Waals surface area contributed by atoms with Gasteiger partial charge in [0.2, 0.25) is 0 Å². The second-order valence-electron chi connectivity index (χ2n) is 6.92. The Morgan fingerprint density at radius 1 is 0.781 bits per heavy atom. The van der Waals surface area contributed by atoms with Crippen LogP contribution in [0.2, 0.25) is 0 Å². The standard InChI is InChI=1S/C26H20N2O4/c29-25(18-31-24-15-12-20-6-4-5-9-22(20)16-24)28-27-17-19-10-13-23(14-11-19)32-26(30)21-7-2-1-3-8-21/h1-17H,18H2,(H,28,29). The number of hydrogen-bond acceptors (Lipinski definition) is 5. The summed E-state index contributed by atoms with van der Waals surface area (Å²) < 4.78 is 10.9. The molecule has 0 spiro atoms. The third-order valence-corrected chi connectivity index (χ3v) is 4.59. The quantitative estimate of drug-likeness (QED) is 0.204. The van der Waals surface area contributed by atoms with E-state index < -0.39 is 5.97 Å². The highest BCUT2D eigenvalue weighted by atomic mass is 16.5. The number of ether oxygens (including phenoxy) is 2. The Morgan fingerprint density at radius 3 is 2.25 bits per heavy atom. The van der Waals surface area contributed by atoms with Crippen molar-refractivity contribution in [2.24, 2.45) is 5.10 Å². The van der Waals surface area contributed by atoms with Gasteiger partial charge in [-0.25, -0.2) is 10.2 Å². The lowest BCUT2D eigenvalue weighted by Gasteiger charge is -2.06. The van der Waals surface area contributed by atoms with E-state index in [-0.39, 0.29) is 12.5 Å². The number of fused-ring (bicyclic) bond motifs is 1. The Morgan fingerprint density at radius 2 is 1.47 bits per heavy atom. The molecule has 0 saturated carbocycles. The summed E-state index contributed by atoms with van der Waals surface area (Å²) in [6.07, 6.45) is 1.50. The maximum Gasteiger partial charge on any atom is 0.343 e. The van der Waals surface area contributed by atoms with Crippen molar-refractivity contribution in [3.8, 4) is 11.5 Å². The number of nitrogens with one attached hydrogen (secondary N) is 1. The summed E-state index contributed by atoms with van der Waals surface area (Å²) >= 11 is 0. The zero-order chi connectivity index (χ0) is 22.2. The number of nitrogens with zero attached hydrogens (tertiary/aromatic N) is 1. The summed E-state index contributed by atoms with van der Waals surface area (Å²) in [6.45, 7) is -0.149. The van der Waals surface area contributed by atoms with Crippen molar-refractivity contribution in [1.29, 1.82) is 0 Å². The van der Waals surface area contributed by atoms with Crippen LogP contribution in [-0.2, 0) is 4.79 Å². The van der Waals surface area contributed by atoms with Crippen LogP contribution in [0.3, 0.4) is 0 Å². The Bertz CT molecular complexity index is 1250. The van der Waals surface area contributed by atoms with Crippen molar-refractivity contribution in [1.82, 2.24) is 5.43 Å². The molecule has 0 aliphatic heterocycles. The molecule has 0 aromatic heterocycles. The molecule has 6 heteroatoms. The van der Waals surface area contributed by atoms with Gasteiger partial charge in [0, 0.05) is 0 Å². The number of hydrazone groups is 1. The second kappa shape index (κ2) is 10.0. The van der Waals surface area contributed by atoms with E-state index in [0.717, 1.165) is 16.3 Å². The summed E-state index contributed by atoms with van der Waals surface area (Å²) in [5.41, 5.74) is 3.64. The fraction of sp³-hybridized carbons (Fsp3) is 0.0385. The van der Waals surface area contributed by atoms with Gasteiger partial charge in [-0.15, -0.1) is 0 Å². The molecule has 4 aromatic carbocycles. The SMILES string of the molecule is O=C(COc1ccc2ccccc2c1)NN=Cc1ccc(OC(=O)c2ccccc2)cc1. The van der Waals surface area contributed by atoms with Crippen LogP contribution in [0.4, 0.5) is 0 Å². The molecule has 0 saturated heterocycles. The molecule has 0 aliphatic rings. The van der Waals surface area contributed by atoms with E-state index in [0.29, 0.717) is 17.1 Å². The summed E-state index contributed by atoms with van der Waals surface area (Å²) in [6, 6.07) is 29.1. The van der Waals surface area contributed by atoms with Gasteiger partial charge in [-0.3, -0.25) is 4.79 Å². The first-order valence-corrected chi connectivity index (χ1v) is 9.98. The fourth-order valence-corrected chi connectivity index (χ4v) is 2.98. The molecule has 0 fully saturated rings. The molecule has 4 aromatic rings. The highest BCUT2D eigenvalue weighted by Gasteiger charge is 2.07. The van der Waals surface area contributed by atoms with E-state index in [1.807, 2.05) is 48.5 Å². The molecule has 0 radical (unpaired) electrons. The number of esters is 1. The molecule has 1 N–H and O–H groups in total. The first-order valence-electron chi connectivity index (χ1n) is 9.98. The summed E-state index contributed by atoms with van der Waals surface area (Å²) in [7, 11) is 0. The molecule has 0 heterocycles. The minimum atomic E-state index is -0.425. The van der Waals surface area contributed by atoms with Gasteiger partial charge in [0.05, 0.1) is 11.8 Å². The van der Waals surface area contributed by atoms with Crippen LogP contribution in [0, 0.1) is 0 Å². The van der Waals surface area contributed by atoms with Gasteiger partial charge < -0.3 is 9.47 Å². The van der Waals surface area contributed by atoms with Crippen LogP contribution < -0.4 is 14.9 Å². The smallest absolute Gasteiger partial charge is 0.343 e. The zero-order valence-corrected chi connectivity index (χ0v) is 17.1. The zero-order valence-electron chi connectivity index (χ0n) is 17.1. The summed E-state index contributed by atoms with van der Waals surface area (Å²) in [4.78, 5) is 24.0. The Hall–Kier alpha value is -4.45. The van der Waals surface area contributed by atoms with E-state index in [1.165, 1.54) is 6.21 Å². The largest absolute Gasteiger partial charge is 0.484 e. The predicted octanol–water partition coefficient (Wildman–Crippen LogP) is 4.59. The number of amides is 1. The van der Waals surface area contributed by atoms with E-state index in [4.69, 9.17) is 9.47 Å². The number of hydrogen-bond donors (Lipinski definition) is 1. The second-order valence-corrected chi connectivity index (χ2v) is 6.92. The van der Waals surface area contributed by atoms with Gasteiger partial charge in [0.1, 0.15) is 11.5 Å². The summed E-state index contributed by atoms with van der Waals surface area (Å²) in [5.74, 6) is 0.237. The van der Waals surface area contributed by atoms with Crippen LogP contribution in [0.5, 0.6) is 11.5 Å². The van der Waals surface area contributed by atoms with Crippen molar-refractivity contribution >= 4 is 28.9 Å². The minimum Gasteiger partial charge on any atom is -0.484 e. The highest BCUT2D eigenvalue weighted by Crippen LogP contribution is 2.20. The van der Waals surface area contributed by atoms with Crippen LogP contribution in [-0.4, -0.2) is 24.7 Å². The lowest BCUT2D eigenvalue weighted by Crippen LogP contribution is -2.24. The molecule has 0 unspecified atom stereocenters. The van der Waals surface area contributed by atoms with Gasteiger partial charge in [-0.05, 0) is 64.9 Å². The Kier molecular flexibility index (Phi) is 6.53.